The number of urea groups is 1. The Kier molecular flexibility index (Phi) is 8.80. The molecule has 4 aliphatic rings. The second-order valence-electron chi connectivity index (χ2n) is 14.6. The number of aliphatic hydroxyl groups excluding tert-OH is 2. The van der Waals surface area contributed by atoms with Gasteiger partial charge < -0.3 is 15.5 Å². The van der Waals surface area contributed by atoms with Gasteiger partial charge in [0.25, 0.3) is 10.0 Å². The first-order valence-electron chi connectivity index (χ1n) is 16.1. The molecule has 5 rings (SSSR count). The lowest BCUT2D eigenvalue weighted by Crippen LogP contribution is -2.65. The van der Waals surface area contributed by atoms with Crippen molar-refractivity contribution in [3.05, 3.63) is 29.8 Å². The summed E-state index contributed by atoms with van der Waals surface area (Å²) in [4.78, 5) is 12.6. The minimum Gasteiger partial charge on any atom is -0.393 e. The van der Waals surface area contributed by atoms with Crippen molar-refractivity contribution in [2.24, 2.45) is 52.3 Å². The van der Waals surface area contributed by atoms with E-state index in [1.165, 1.54) is 6.07 Å². The molecular formula is C33H51FN2O5S. The Morgan fingerprint density at radius 2 is 1.74 bits per heavy atom. The SMILES string of the molecule is CC[C@@H]1[C@@H]2[C@@H](F)[C@H](O)CC[C@]2(C)C2CC[C@@]3(C)C(CCC3[C@H](C)CCNC(=O)NS(=O)(=O)c3ccccc3C)C2[C@@H]1O. The summed E-state index contributed by atoms with van der Waals surface area (Å²) in [5, 5.41) is 25.0. The first kappa shape index (κ1) is 31.7. The van der Waals surface area contributed by atoms with Gasteiger partial charge in [0, 0.05) is 12.5 Å². The lowest BCUT2D eigenvalue weighted by molar-refractivity contribution is -0.222. The number of carbonyl (C=O) groups excluding carboxylic acids is 1. The highest BCUT2D eigenvalue weighted by atomic mass is 32.2. The number of nitrogens with one attached hydrogen (secondary N) is 2. The molecule has 4 N–H and O–H groups in total. The van der Waals surface area contributed by atoms with E-state index < -0.39 is 34.4 Å². The fraction of sp³-hybridized carbons (Fsp3) is 0.788. The van der Waals surface area contributed by atoms with E-state index in [1.807, 2.05) is 0 Å². The van der Waals surface area contributed by atoms with Gasteiger partial charge in [-0.15, -0.1) is 0 Å². The van der Waals surface area contributed by atoms with Crippen molar-refractivity contribution in [3.63, 3.8) is 0 Å². The molecule has 7 nitrogen and oxygen atoms in total. The number of aryl methyl sites for hydroxylation is 1. The molecule has 1 aromatic carbocycles. The maximum Gasteiger partial charge on any atom is 0.328 e. The first-order valence-corrected chi connectivity index (χ1v) is 17.6. The van der Waals surface area contributed by atoms with Gasteiger partial charge in [-0.05, 0) is 110 Å². The number of benzene rings is 1. The number of hydrogen-bond acceptors (Lipinski definition) is 5. The van der Waals surface area contributed by atoms with Gasteiger partial charge in [0.15, 0.2) is 0 Å². The van der Waals surface area contributed by atoms with E-state index in [4.69, 9.17) is 0 Å². The van der Waals surface area contributed by atoms with Crippen molar-refractivity contribution in [2.45, 2.75) is 109 Å². The molecule has 4 unspecified atom stereocenters. The van der Waals surface area contributed by atoms with E-state index in [1.54, 1.807) is 25.1 Å². The molecule has 9 heteroatoms. The average molecular weight is 607 g/mol. The van der Waals surface area contributed by atoms with Crippen molar-refractivity contribution >= 4 is 16.1 Å². The maximum absolute atomic E-state index is 15.6. The van der Waals surface area contributed by atoms with Gasteiger partial charge in [-0.25, -0.2) is 22.3 Å². The zero-order valence-electron chi connectivity index (χ0n) is 25.9. The number of sulfonamides is 1. The highest BCUT2D eigenvalue weighted by Gasteiger charge is 2.66. The predicted octanol–water partition coefficient (Wildman–Crippen LogP) is 5.58. The highest BCUT2D eigenvalue weighted by Crippen LogP contribution is 2.69. The van der Waals surface area contributed by atoms with E-state index in [-0.39, 0.29) is 39.4 Å². The minimum absolute atomic E-state index is 0.0583. The van der Waals surface area contributed by atoms with Gasteiger partial charge in [0.2, 0.25) is 0 Å². The molecule has 42 heavy (non-hydrogen) atoms. The quantitative estimate of drug-likeness (QED) is 0.323. The molecule has 0 radical (unpaired) electrons. The third kappa shape index (κ3) is 5.19. The summed E-state index contributed by atoms with van der Waals surface area (Å²) < 4.78 is 43.1. The van der Waals surface area contributed by atoms with Gasteiger partial charge in [-0.2, -0.15) is 0 Å². The molecule has 0 bridgehead atoms. The fourth-order valence-electron chi connectivity index (χ4n) is 10.6. The molecule has 1 aromatic rings. The van der Waals surface area contributed by atoms with Crippen molar-refractivity contribution in [1.82, 2.24) is 10.0 Å². The summed E-state index contributed by atoms with van der Waals surface area (Å²) in [6.07, 6.45) is 4.14. The molecule has 12 atom stereocenters. The smallest absolute Gasteiger partial charge is 0.328 e. The highest BCUT2D eigenvalue weighted by molar-refractivity contribution is 7.90. The molecule has 0 aliphatic heterocycles. The van der Waals surface area contributed by atoms with Crippen LogP contribution in [0.3, 0.4) is 0 Å². The zero-order valence-corrected chi connectivity index (χ0v) is 26.7. The normalized spacial score (nSPS) is 42.1. The Labute approximate surface area is 251 Å². The number of alkyl halides is 1. The van der Waals surface area contributed by atoms with Gasteiger partial charge >= 0.3 is 6.03 Å². The van der Waals surface area contributed by atoms with Crippen LogP contribution in [0, 0.1) is 59.2 Å². The standard InChI is InChI=1S/C33H51FN2O5S/c1-6-21-28-29(34)25(37)14-17-33(28,5)24-13-16-32(4)22(11-12-23(32)27(24)30(21)38)19(2)15-18-35-31(39)36-42(40,41)26-10-8-7-9-20(26)3/h7-10,19,21-25,27-30,37-38H,6,11-18H2,1-5H3,(H2,35,36,39)/t19-,21-,22?,23?,24?,25-,27?,28-,29+,30-,32-,33-/m1/s1. The lowest BCUT2D eigenvalue weighted by atomic mass is 9.41. The first-order chi connectivity index (χ1) is 19.8. The maximum atomic E-state index is 15.6. The molecule has 2 amide bonds. The van der Waals surface area contributed by atoms with E-state index in [9.17, 15) is 23.4 Å². The van der Waals surface area contributed by atoms with Crippen LogP contribution < -0.4 is 10.0 Å². The second-order valence-corrected chi connectivity index (χ2v) is 16.2. The summed E-state index contributed by atoms with van der Waals surface area (Å²) in [5.74, 6) is 1.09. The zero-order chi connectivity index (χ0) is 30.6. The van der Waals surface area contributed by atoms with Gasteiger partial charge in [0.05, 0.1) is 17.1 Å². The summed E-state index contributed by atoms with van der Waals surface area (Å²) in [5.41, 5.74) is 0.432. The Morgan fingerprint density at radius 3 is 2.43 bits per heavy atom. The van der Waals surface area contributed by atoms with Crippen LogP contribution in [0.25, 0.3) is 0 Å². The molecule has 4 fully saturated rings. The minimum atomic E-state index is -3.95. The van der Waals surface area contributed by atoms with Crippen molar-refractivity contribution in [1.29, 1.82) is 0 Å². The van der Waals surface area contributed by atoms with Crippen molar-refractivity contribution in [2.75, 3.05) is 6.54 Å². The van der Waals surface area contributed by atoms with Crippen LogP contribution in [0.4, 0.5) is 9.18 Å². The lowest BCUT2D eigenvalue weighted by Gasteiger charge is -2.65. The molecule has 0 heterocycles. The van der Waals surface area contributed by atoms with E-state index in [0.29, 0.717) is 42.7 Å². The molecule has 0 spiro atoms. The van der Waals surface area contributed by atoms with Crippen LogP contribution in [0.15, 0.2) is 29.2 Å². The van der Waals surface area contributed by atoms with Gasteiger partial charge in [-0.3, -0.25) is 0 Å². The summed E-state index contributed by atoms with van der Waals surface area (Å²) in [6.45, 7) is 11.0. The van der Waals surface area contributed by atoms with Crippen LogP contribution in [-0.4, -0.2) is 49.6 Å². The number of fused-ring (bicyclic) bond motifs is 5. The Bertz CT molecular complexity index is 1260. The monoisotopic (exact) mass is 606 g/mol. The molecular weight excluding hydrogens is 555 g/mol. The fourth-order valence-corrected chi connectivity index (χ4v) is 11.8. The van der Waals surface area contributed by atoms with E-state index in [2.05, 4.69) is 37.7 Å². The van der Waals surface area contributed by atoms with Crippen molar-refractivity contribution < 1.29 is 27.8 Å². The topological polar surface area (TPSA) is 116 Å². The largest absolute Gasteiger partial charge is 0.393 e. The number of aliphatic hydroxyl groups is 2. The van der Waals surface area contributed by atoms with Crippen LogP contribution in [0.1, 0.15) is 84.6 Å². The Morgan fingerprint density at radius 1 is 1.07 bits per heavy atom. The average Bonchev–Trinajstić information content (AvgIpc) is 3.29. The number of carbonyl (C=O) groups is 1. The second kappa shape index (κ2) is 11.7. The molecule has 4 saturated carbocycles. The Hall–Kier alpha value is -1.71. The summed E-state index contributed by atoms with van der Waals surface area (Å²) >= 11 is 0. The van der Waals surface area contributed by atoms with Crippen LogP contribution >= 0.6 is 0 Å². The summed E-state index contributed by atoms with van der Waals surface area (Å²) in [6, 6.07) is 5.85. The molecule has 236 valence electrons. The number of rotatable bonds is 7. The van der Waals surface area contributed by atoms with Crippen LogP contribution in [0.5, 0.6) is 0 Å². The number of halogens is 1. The van der Waals surface area contributed by atoms with E-state index in [0.717, 1.165) is 38.5 Å². The predicted molar refractivity (Wildman–Crippen MR) is 161 cm³/mol. The third-order valence-electron chi connectivity index (χ3n) is 12.7. The molecule has 0 aromatic heterocycles. The van der Waals surface area contributed by atoms with Gasteiger partial charge in [-0.1, -0.05) is 52.3 Å². The van der Waals surface area contributed by atoms with Gasteiger partial charge in [0.1, 0.15) is 6.17 Å². The molecule has 0 saturated heterocycles. The number of hydrogen-bond donors (Lipinski definition) is 4. The van der Waals surface area contributed by atoms with Crippen molar-refractivity contribution in [3.8, 4) is 0 Å². The summed E-state index contributed by atoms with van der Waals surface area (Å²) in [7, 11) is -3.95. The van der Waals surface area contributed by atoms with Crippen LogP contribution in [-0.2, 0) is 10.0 Å². The Balaban J connectivity index is 1.24. The third-order valence-corrected chi connectivity index (χ3v) is 14.1. The number of amides is 2. The molecule has 4 aliphatic carbocycles. The van der Waals surface area contributed by atoms with E-state index >= 15 is 4.39 Å². The van der Waals surface area contributed by atoms with Crippen LogP contribution in [0.2, 0.25) is 0 Å².